The largest absolute Gasteiger partial charge is 0.301 e. The van der Waals surface area contributed by atoms with Crippen LogP contribution in [0.5, 0.6) is 0 Å². The van der Waals surface area contributed by atoms with Gasteiger partial charge in [0.15, 0.2) is 0 Å². The molecule has 1 aliphatic rings. The van der Waals surface area contributed by atoms with E-state index in [-0.39, 0.29) is 12.5 Å². The van der Waals surface area contributed by atoms with Crippen LogP contribution in [0, 0.1) is 11.3 Å². The van der Waals surface area contributed by atoms with Crippen molar-refractivity contribution in [2.24, 2.45) is 4.36 Å². The van der Waals surface area contributed by atoms with Crippen molar-refractivity contribution in [2.75, 3.05) is 19.3 Å². The molecule has 5 rings (SSSR count). The van der Waals surface area contributed by atoms with Crippen LogP contribution in [0.1, 0.15) is 20.3 Å². The number of hydrogen-bond donors (Lipinski definition) is 0. The first-order valence-electron chi connectivity index (χ1n) is 11.1. The highest BCUT2D eigenvalue weighted by atomic mass is 32.2. The van der Waals surface area contributed by atoms with Crippen molar-refractivity contribution in [1.29, 1.82) is 5.26 Å². The first-order chi connectivity index (χ1) is 16.3. The quantitative estimate of drug-likeness (QED) is 0.424. The molecule has 1 aromatic carbocycles. The average molecular weight is 475 g/mol. The van der Waals surface area contributed by atoms with Crippen LogP contribution in [-0.2, 0) is 15.5 Å². The highest BCUT2D eigenvalue weighted by Crippen LogP contribution is 2.36. The Balaban J connectivity index is 1.49. The van der Waals surface area contributed by atoms with Crippen LogP contribution in [-0.4, -0.2) is 58.2 Å². The fraction of sp³-hybridized carbons (Fsp3) is 0.333. The summed E-state index contributed by atoms with van der Waals surface area (Å²) in [7, 11) is -2.48. The zero-order valence-corrected chi connectivity index (χ0v) is 20.2. The van der Waals surface area contributed by atoms with Crippen molar-refractivity contribution >= 4 is 20.9 Å². The van der Waals surface area contributed by atoms with Gasteiger partial charge in [0.25, 0.3) is 0 Å². The molecular weight excluding hydrogens is 448 g/mol. The summed E-state index contributed by atoms with van der Waals surface area (Å²) >= 11 is 0. The van der Waals surface area contributed by atoms with Crippen molar-refractivity contribution in [2.45, 2.75) is 31.8 Å². The van der Waals surface area contributed by atoms with Crippen LogP contribution in [0.15, 0.2) is 65.7 Å². The summed E-state index contributed by atoms with van der Waals surface area (Å²) in [6.45, 7) is 4.74. The Morgan fingerprint density at radius 3 is 2.68 bits per heavy atom. The van der Waals surface area contributed by atoms with Crippen molar-refractivity contribution < 1.29 is 4.21 Å². The van der Waals surface area contributed by atoms with E-state index in [1.165, 1.54) is 0 Å². The molecule has 1 atom stereocenters. The smallest absolute Gasteiger partial charge is 0.148 e. The van der Waals surface area contributed by atoms with E-state index >= 15 is 0 Å². The molecule has 0 radical (unpaired) electrons. The van der Waals surface area contributed by atoms with Gasteiger partial charge in [-0.15, -0.1) is 0 Å². The molecule has 34 heavy (non-hydrogen) atoms. The van der Waals surface area contributed by atoms with Crippen LogP contribution in [0.4, 0.5) is 0 Å². The third-order valence-electron chi connectivity index (χ3n) is 6.09. The molecule has 4 aromatic rings. The fourth-order valence-electron chi connectivity index (χ4n) is 4.48. The standard InChI is InChI=1S/C24H26N8OS/c1-18(2)29-34(3,33)30-15-24(16-30,10-11-25)32-14-19(13-28-32)22-21-9-12-31(23(21)27-17-26-22)20-7-5-4-6-8-20/h4-9,12-14,17-18H,10,15-16H2,1-3H3. The second kappa shape index (κ2) is 8.34. The first-order valence-corrected chi connectivity index (χ1v) is 13.0. The van der Waals surface area contributed by atoms with E-state index < -0.39 is 15.5 Å². The number of fused-ring (bicyclic) bond motifs is 1. The molecule has 0 aliphatic carbocycles. The van der Waals surface area contributed by atoms with Crippen molar-refractivity contribution in [1.82, 2.24) is 28.6 Å². The first kappa shape index (κ1) is 22.3. The molecule has 1 aliphatic heterocycles. The summed E-state index contributed by atoms with van der Waals surface area (Å²) in [4.78, 5) is 9.05. The number of para-hydroxylation sites is 1. The zero-order chi connectivity index (χ0) is 23.9. The summed E-state index contributed by atoms with van der Waals surface area (Å²) in [5.74, 6) is 0. The Hall–Kier alpha value is -3.55. The van der Waals surface area contributed by atoms with Gasteiger partial charge in [0, 0.05) is 48.4 Å². The van der Waals surface area contributed by atoms with Gasteiger partial charge < -0.3 is 4.57 Å². The minimum Gasteiger partial charge on any atom is -0.301 e. The SMILES string of the molecule is CC(C)N=S(C)(=O)N1CC(CC#N)(n2cc(-c3ncnc4c3ccn4-c3ccccc3)cn2)C1. The Bertz CT molecular complexity index is 1500. The lowest BCUT2D eigenvalue weighted by molar-refractivity contribution is 0.0753. The van der Waals surface area contributed by atoms with Crippen LogP contribution in [0.3, 0.4) is 0 Å². The van der Waals surface area contributed by atoms with E-state index in [0.717, 1.165) is 28.0 Å². The fourth-order valence-corrected chi connectivity index (χ4v) is 6.35. The van der Waals surface area contributed by atoms with E-state index in [4.69, 9.17) is 0 Å². The third kappa shape index (κ3) is 3.77. The second-order valence-electron chi connectivity index (χ2n) is 8.97. The van der Waals surface area contributed by atoms with Gasteiger partial charge in [0.1, 0.15) is 27.4 Å². The zero-order valence-electron chi connectivity index (χ0n) is 19.4. The normalized spacial score (nSPS) is 17.3. The lowest BCUT2D eigenvalue weighted by Gasteiger charge is -2.48. The number of benzene rings is 1. The van der Waals surface area contributed by atoms with Crippen LogP contribution in [0.2, 0.25) is 0 Å². The monoisotopic (exact) mass is 474 g/mol. The third-order valence-corrected chi connectivity index (χ3v) is 8.12. The maximum Gasteiger partial charge on any atom is 0.148 e. The molecule has 174 valence electrons. The van der Waals surface area contributed by atoms with Gasteiger partial charge in [-0.2, -0.15) is 10.4 Å². The molecule has 1 fully saturated rings. The van der Waals surface area contributed by atoms with Gasteiger partial charge in [0.2, 0.25) is 0 Å². The topological polar surface area (TPSA) is 105 Å². The second-order valence-corrected chi connectivity index (χ2v) is 11.2. The molecule has 0 spiro atoms. The van der Waals surface area contributed by atoms with Crippen LogP contribution < -0.4 is 0 Å². The molecule has 1 saturated heterocycles. The highest BCUT2D eigenvalue weighted by Gasteiger charge is 2.48. The molecule has 9 nitrogen and oxygen atoms in total. The van der Waals surface area contributed by atoms with Gasteiger partial charge in [-0.1, -0.05) is 18.2 Å². The minimum atomic E-state index is -2.48. The molecule has 4 heterocycles. The lowest BCUT2D eigenvalue weighted by Crippen LogP contribution is -2.63. The maximum absolute atomic E-state index is 13.0. The molecule has 3 aromatic heterocycles. The molecule has 1 unspecified atom stereocenters. The number of nitriles is 1. The van der Waals surface area contributed by atoms with Crippen LogP contribution in [0.25, 0.3) is 28.0 Å². The average Bonchev–Trinajstić information content (AvgIpc) is 3.43. The Morgan fingerprint density at radius 2 is 1.97 bits per heavy atom. The maximum atomic E-state index is 13.0. The number of nitrogens with zero attached hydrogens (tertiary/aromatic N) is 8. The molecule has 0 bridgehead atoms. The number of aromatic nitrogens is 5. The number of rotatable bonds is 6. The summed E-state index contributed by atoms with van der Waals surface area (Å²) in [5.41, 5.74) is 2.92. The van der Waals surface area contributed by atoms with Crippen molar-refractivity contribution in [3.8, 4) is 23.0 Å². The van der Waals surface area contributed by atoms with E-state index in [2.05, 4.69) is 25.5 Å². The number of hydrogen-bond acceptors (Lipinski definition) is 6. The van der Waals surface area contributed by atoms with E-state index in [1.807, 2.05) is 76.2 Å². The van der Waals surface area contributed by atoms with Gasteiger partial charge in [-0.05, 0) is 32.0 Å². The Morgan fingerprint density at radius 1 is 1.21 bits per heavy atom. The van der Waals surface area contributed by atoms with Crippen molar-refractivity contribution in [3.63, 3.8) is 0 Å². The van der Waals surface area contributed by atoms with Gasteiger partial charge >= 0.3 is 0 Å². The van der Waals surface area contributed by atoms with Gasteiger partial charge in [-0.25, -0.2) is 22.8 Å². The highest BCUT2D eigenvalue weighted by molar-refractivity contribution is 7.90. The molecule has 10 heteroatoms. The predicted molar refractivity (Wildman–Crippen MR) is 131 cm³/mol. The van der Waals surface area contributed by atoms with Gasteiger partial charge in [-0.3, -0.25) is 4.68 Å². The predicted octanol–water partition coefficient (Wildman–Crippen LogP) is 3.63. The van der Waals surface area contributed by atoms with Crippen molar-refractivity contribution in [3.05, 3.63) is 61.3 Å². The molecule has 0 N–H and O–H groups in total. The van der Waals surface area contributed by atoms with E-state index in [9.17, 15) is 9.47 Å². The summed E-state index contributed by atoms with van der Waals surface area (Å²) < 4.78 is 23.1. The summed E-state index contributed by atoms with van der Waals surface area (Å²) in [5, 5.41) is 15.0. The molecular formula is C24H26N8OS. The summed E-state index contributed by atoms with van der Waals surface area (Å²) in [6.07, 6.45) is 9.17. The van der Waals surface area contributed by atoms with E-state index in [1.54, 1.807) is 18.8 Å². The van der Waals surface area contributed by atoms with Gasteiger partial charge in [0.05, 0.1) is 30.4 Å². The Kier molecular flexibility index (Phi) is 5.46. The lowest BCUT2D eigenvalue weighted by atomic mass is 9.89. The van der Waals surface area contributed by atoms with Crippen LogP contribution >= 0.6 is 0 Å². The minimum absolute atomic E-state index is 0.0249. The molecule has 0 amide bonds. The summed E-state index contributed by atoms with van der Waals surface area (Å²) in [6, 6.07) is 14.3. The van der Waals surface area contributed by atoms with E-state index in [0.29, 0.717) is 13.1 Å². The molecule has 0 saturated carbocycles. The Labute approximate surface area is 199 Å².